The highest BCUT2D eigenvalue weighted by Crippen LogP contribution is 2.24. The number of halogens is 2. The zero-order valence-corrected chi connectivity index (χ0v) is 11.8. The molecule has 20 heavy (non-hydrogen) atoms. The molecule has 0 fully saturated rings. The average molecular weight is 294 g/mol. The van der Waals surface area contributed by atoms with Crippen LogP contribution in [0.3, 0.4) is 0 Å². The highest BCUT2D eigenvalue weighted by Gasteiger charge is 2.20. The van der Waals surface area contributed by atoms with Crippen molar-refractivity contribution in [1.29, 1.82) is 0 Å². The van der Waals surface area contributed by atoms with Crippen molar-refractivity contribution in [2.45, 2.75) is 4.90 Å². The Morgan fingerprint density at radius 1 is 1.10 bits per heavy atom. The van der Waals surface area contributed by atoms with Crippen LogP contribution < -0.4 is 4.74 Å². The second kappa shape index (κ2) is 6.05. The van der Waals surface area contributed by atoms with Crippen LogP contribution >= 0.6 is 11.8 Å². The molecular weight excluding hydrogens is 282 g/mol. The predicted octanol–water partition coefficient (Wildman–Crippen LogP) is 3.93. The number of thioether (sulfide) groups is 1. The van der Waals surface area contributed by atoms with Crippen LogP contribution in [0.25, 0.3) is 0 Å². The van der Waals surface area contributed by atoms with Gasteiger partial charge in [-0.2, -0.15) is 0 Å². The summed E-state index contributed by atoms with van der Waals surface area (Å²) < 4.78 is 32.4. The van der Waals surface area contributed by atoms with Crippen LogP contribution in [0.5, 0.6) is 5.75 Å². The van der Waals surface area contributed by atoms with Crippen molar-refractivity contribution in [2.75, 3.05) is 13.4 Å². The minimum Gasteiger partial charge on any atom is -0.497 e. The molecule has 0 saturated carbocycles. The molecule has 0 heterocycles. The monoisotopic (exact) mass is 294 g/mol. The Bertz CT molecular complexity index is 616. The zero-order valence-electron chi connectivity index (χ0n) is 10.9. The summed E-state index contributed by atoms with van der Waals surface area (Å²) in [5, 5.41) is 0. The Morgan fingerprint density at radius 2 is 1.65 bits per heavy atom. The molecule has 0 bridgehead atoms. The summed E-state index contributed by atoms with van der Waals surface area (Å²) in [7, 11) is 1.30. The second-order valence-electron chi connectivity index (χ2n) is 4.02. The van der Waals surface area contributed by atoms with Gasteiger partial charge in [0.15, 0.2) is 5.78 Å². The smallest absolute Gasteiger partial charge is 0.198 e. The fourth-order valence-corrected chi connectivity index (χ4v) is 2.18. The zero-order chi connectivity index (χ0) is 14.7. The van der Waals surface area contributed by atoms with Gasteiger partial charge in [-0.05, 0) is 30.5 Å². The highest BCUT2D eigenvalue weighted by atomic mass is 32.2. The number of rotatable bonds is 4. The highest BCUT2D eigenvalue weighted by molar-refractivity contribution is 7.98. The summed E-state index contributed by atoms with van der Waals surface area (Å²) in [4.78, 5) is 13.1. The molecule has 0 radical (unpaired) electrons. The van der Waals surface area contributed by atoms with Crippen molar-refractivity contribution >= 4 is 17.5 Å². The Kier molecular flexibility index (Phi) is 4.39. The van der Waals surface area contributed by atoms with Crippen molar-refractivity contribution in [1.82, 2.24) is 0 Å². The van der Waals surface area contributed by atoms with Crippen LogP contribution in [-0.2, 0) is 0 Å². The Morgan fingerprint density at radius 3 is 2.10 bits per heavy atom. The summed E-state index contributed by atoms with van der Waals surface area (Å²) >= 11 is 1.52. The van der Waals surface area contributed by atoms with Crippen molar-refractivity contribution < 1.29 is 18.3 Å². The van der Waals surface area contributed by atoms with E-state index in [-0.39, 0.29) is 11.3 Å². The minimum atomic E-state index is -0.930. The van der Waals surface area contributed by atoms with E-state index in [1.807, 2.05) is 6.26 Å². The first-order valence-electron chi connectivity index (χ1n) is 5.78. The lowest BCUT2D eigenvalue weighted by atomic mass is 10.0. The Labute approximate surface area is 119 Å². The largest absolute Gasteiger partial charge is 0.497 e. The van der Waals surface area contributed by atoms with Gasteiger partial charge in [-0.1, -0.05) is 0 Å². The molecule has 0 unspecified atom stereocenters. The molecule has 0 aromatic heterocycles. The van der Waals surface area contributed by atoms with Gasteiger partial charge >= 0.3 is 0 Å². The van der Waals surface area contributed by atoms with Gasteiger partial charge in [-0.25, -0.2) is 8.78 Å². The minimum absolute atomic E-state index is 0.0364. The van der Waals surface area contributed by atoms with E-state index >= 15 is 0 Å². The average Bonchev–Trinajstić information content (AvgIpc) is 2.46. The third-order valence-corrected chi connectivity index (χ3v) is 3.57. The van der Waals surface area contributed by atoms with E-state index in [4.69, 9.17) is 4.74 Å². The molecule has 0 N–H and O–H groups in total. The van der Waals surface area contributed by atoms with E-state index in [2.05, 4.69) is 0 Å². The molecule has 0 amide bonds. The maximum absolute atomic E-state index is 13.8. The van der Waals surface area contributed by atoms with Gasteiger partial charge in [0.25, 0.3) is 0 Å². The number of ether oxygens (including phenoxy) is 1. The Hall–Kier alpha value is -1.88. The quantitative estimate of drug-likeness (QED) is 0.631. The van der Waals surface area contributed by atoms with Crippen molar-refractivity contribution in [3.05, 3.63) is 59.2 Å². The van der Waals surface area contributed by atoms with E-state index in [1.165, 1.54) is 18.9 Å². The summed E-state index contributed by atoms with van der Waals surface area (Å²) in [6, 6.07) is 8.56. The second-order valence-corrected chi connectivity index (χ2v) is 4.90. The Balaban J connectivity index is 2.42. The lowest BCUT2D eigenvalue weighted by Crippen LogP contribution is -2.08. The first-order valence-corrected chi connectivity index (χ1v) is 7.01. The third kappa shape index (κ3) is 2.82. The topological polar surface area (TPSA) is 26.3 Å². The van der Waals surface area contributed by atoms with E-state index in [0.717, 1.165) is 17.0 Å². The molecule has 2 aromatic rings. The molecule has 0 aliphatic rings. The van der Waals surface area contributed by atoms with Crippen molar-refractivity contribution in [2.24, 2.45) is 0 Å². The van der Waals surface area contributed by atoms with E-state index in [0.29, 0.717) is 0 Å². The molecule has 0 aliphatic carbocycles. The van der Waals surface area contributed by atoms with Gasteiger partial charge in [-0.3, -0.25) is 4.79 Å². The van der Waals surface area contributed by atoms with E-state index < -0.39 is 23.0 Å². The normalized spacial score (nSPS) is 10.4. The van der Waals surface area contributed by atoms with E-state index in [9.17, 15) is 13.6 Å². The molecule has 2 aromatic carbocycles. The third-order valence-electron chi connectivity index (χ3n) is 2.83. The molecular formula is C15H12F2O2S. The number of hydrogen-bond donors (Lipinski definition) is 0. The van der Waals surface area contributed by atoms with Crippen LogP contribution in [-0.4, -0.2) is 19.1 Å². The van der Waals surface area contributed by atoms with Gasteiger partial charge in [0.2, 0.25) is 0 Å². The summed E-state index contributed by atoms with van der Waals surface area (Å²) in [5.74, 6) is -2.51. The molecule has 2 rings (SSSR count). The van der Waals surface area contributed by atoms with Crippen molar-refractivity contribution in [3.63, 3.8) is 0 Å². The number of hydrogen-bond acceptors (Lipinski definition) is 3. The standard InChI is InChI=1S/C15H12F2O2S/c1-19-10-7-12(16)14(13(17)8-10)15(18)9-3-5-11(20-2)6-4-9/h3-8H,1-2H3. The van der Waals surface area contributed by atoms with Crippen LogP contribution in [0.1, 0.15) is 15.9 Å². The molecule has 5 heteroatoms. The molecule has 2 nitrogen and oxygen atoms in total. The molecule has 0 aliphatic heterocycles. The van der Waals surface area contributed by atoms with Crippen molar-refractivity contribution in [3.8, 4) is 5.75 Å². The predicted molar refractivity (Wildman–Crippen MR) is 74.6 cm³/mol. The maximum Gasteiger partial charge on any atom is 0.198 e. The molecule has 104 valence electrons. The first kappa shape index (κ1) is 14.5. The fraction of sp³-hybridized carbons (Fsp3) is 0.133. The van der Waals surface area contributed by atoms with Crippen LogP contribution in [0.2, 0.25) is 0 Å². The number of carbonyl (C=O) groups excluding carboxylic acids is 1. The summed E-state index contributed by atoms with van der Waals surface area (Å²) in [5.41, 5.74) is -0.325. The molecule has 0 saturated heterocycles. The maximum atomic E-state index is 13.8. The summed E-state index contributed by atoms with van der Waals surface area (Å²) in [6.07, 6.45) is 1.90. The van der Waals surface area contributed by atoms with Gasteiger partial charge in [0.1, 0.15) is 17.4 Å². The number of methoxy groups -OCH3 is 1. The molecule has 0 atom stereocenters. The fourth-order valence-electron chi connectivity index (χ4n) is 1.77. The van der Waals surface area contributed by atoms with Gasteiger partial charge < -0.3 is 4.74 Å². The summed E-state index contributed by atoms with van der Waals surface area (Å²) in [6.45, 7) is 0. The van der Waals surface area contributed by atoms with Gasteiger partial charge in [0, 0.05) is 22.6 Å². The first-order chi connectivity index (χ1) is 9.56. The SMILES string of the molecule is COc1cc(F)c(C(=O)c2ccc(SC)cc2)c(F)c1. The van der Waals surface area contributed by atoms with Gasteiger partial charge in [-0.15, -0.1) is 11.8 Å². The lowest BCUT2D eigenvalue weighted by Gasteiger charge is -2.07. The van der Waals surface area contributed by atoms with Crippen LogP contribution in [0, 0.1) is 11.6 Å². The number of benzene rings is 2. The lowest BCUT2D eigenvalue weighted by molar-refractivity contribution is 0.103. The van der Waals surface area contributed by atoms with Gasteiger partial charge in [0.05, 0.1) is 12.7 Å². The van der Waals surface area contributed by atoms with Crippen LogP contribution in [0.15, 0.2) is 41.3 Å². The number of carbonyl (C=O) groups is 1. The van der Waals surface area contributed by atoms with Crippen LogP contribution in [0.4, 0.5) is 8.78 Å². The molecule has 0 spiro atoms. The number of ketones is 1. The van der Waals surface area contributed by atoms with E-state index in [1.54, 1.807) is 24.3 Å².